The van der Waals surface area contributed by atoms with Gasteiger partial charge >= 0.3 is 6.09 Å². The van der Waals surface area contributed by atoms with Crippen molar-refractivity contribution < 1.29 is 19.4 Å². The van der Waals surface area contributed by atoms with Crippen molar-refractivity contribution in [3.63, 3.8) is 0 Å². The van der Waals surface area contributed by atoms with E-state index in [-0.39, 0.29) is 17.6 Å². The number of amides is 1. The zero-order valence-corrected chi connectivity index (χ0v) is 14.9. The molecule has 1 aliphatic carbocycles. The molecule has 4 atom stereocenters. The number of Topliss-reactive ketones (excluding diaryl/α,β-unsaturated/α-hetero) is 1. The van der Waals surface area contributed by atoms with E-state index in [4.69, 9.17) is 4.74 Å². The number of benzene rings is 1. The Morgan fingerprint density at radius 2 is 1.79 bits per heavy atom. The largest absolute Gasteiger partial charge is 0.444 e. The van der Waals surface area contributed by atoms with Crippen LogP contribution < -0.4 is 5.32 Å². The van der Waals surface area contributed by atoms with Crippen molar-refractivity contribution in [2.45, 2.75) is 58.3 Å². The van der Waals surface area contributed by atoms with Crippen molar-refractivity contribution in [3.05, 3.63) is 35.9 Å². The second kappa shape index (κ2) is 6.93. The molecule has 0 radical (unpaired) electrons. The van der Waals surface area contributed by atoms with Crippen molar-refractivity contribution in [2.75, 3.05) is 0 Å². The summed E-state index contributed by atoms with van der Waals surface area (Å²) in [5.74, 6) is -0.777. The monoisotopic (exact) mass is 333 g/mol. The van der Waals surface area contributed by atoms with Crippen LogP contribution in [0.3, 0.4) is 0 Å². The Kier molecular flexibility index (Phi) is 5.33. The smallest absolute Gasteiger partial charge is 0.407 e. The van der Waals surface area contributed by atoms with Crippen molar-refractivity contribution in [1.29, 1.82) is 0 Å². The van der Waals surface area contributed by atoms with Crippen LogP contribution in [-0.4, -0.2) is 34.7 Å². The van der Waals surface area contributed by atoms with Gasteiger partial charge < -0.3 is 15.2 Å². The average Bonchev–Trinajstić information content (AvgIpc) is 3.14. The fraction of sp³-hybridized carbons (Fsp3) is 0.579. The van der Waals surface area contributed by atoms with Gasteiger partial charge in [0.1, 0.15) is 11.4 Å². The minimum atomic E-state index is -0.935. The maximum Gasteiger partial charge on any atom is 0.407 e. The Morgan fingerprint density at radius 3 is 2.29 bits per heavy atom. The van der Waals surface area contributed by atoms with Crippen LogP contribution >= 0.6 is 0 Å². The first-order chi connectivity index (χ1) is 11.1. The lowest BCUT2D eigenvalue weighted by Gasteiger charge is -2.29. The van der Waals surface area contributed by atoms with Crippen LogP contribution in [0.1, 0.15) is 46.1 Å². The van der Waals surface area contributed by atoms with E-state index in [0.717, 1.165) is 5.56 Å². The number of carbonyl (C=O) groups is 2. The highest BCUT2D eigenvalue weighted by molar-refractivity contribution is 6.05. The predicted octanol–water partition coefficient (Wildman–Crippen LogP) is 2.88. The second-order valence-electron chi connectivity index (χ2n) is 7.72. The highest BCUT2D eigenvalue weighted by atomic mass is 16.6. The van der Waals surface area contributed by atoms with Gasteiger partial charge in [-0.2, -0.15) is 0 Å². The summed E-state index contributed by atoms with van der Waals surface area (Å²) >= 11 is 0. The first-order valence-corrected chi connectivity index (χ1v) is 8.38. The number of aliphatic hydroxyl groups is 1. The molecule has 5 nitrogen and oxygen atoms in total. The van der Waals surface area contributed by atoms with E-state index in [1.165, 1.54) is 0 Å². The molecule has 0 spiro atoms. The average molecular weight is 333 g/mol. The van der Waals surface area contributed by atoms with Crippen LogP contribution in [0, 0.1) is 11.8 Å². The fourth-order valence-corrected chi connectivity index (χ4v) is 2.97. The lowest BCUT2D eigenvalue weighted by atomic mass is 9.93. The van der Waals surface area contributed by atoms with Crippen LogP contribution in [0.2, 0.25) is 0 Å². The molecule has 5 heteroatoms. The number of ketones is 1. The summed E-state index contributed by atoms with van der Waals surface area (Å²) in [6.45, 7) is 9.14. The molecule has 2 rings (SSSR count). The fourth-order valence-electron chi connectivity index (χ4n) is 2.97. The summed E-state index contributed by atoms with van der Waals surface area (Å²) < 4.78 is 5.26. The van der Waals surface area contributed by atoms with Gasteiger partial charge in [0.25, 0.3) is 0 Å². The normalized spacial score (nSPS) is 22.9. The first-order valence-electron chi connectivity index (χ1n) is 8.38. The zero-order chi connectivity index (χ0) is 18.1. The van der Waals surface area contributed by atoms with E-state index < -0.39 is 29.8 Å². The van der Waals surface area contributed by atoms with E-state index in [2.05, 4.69) is 5.32 Å². The SMILES string of the molecule is CC(C)[C@H](NC(=O)OC(C)(C)C)C(O)C1C(=O)C1c1ccccc1. The molecule has 0 aromatic heterocycles. The lowest BCUT2D eigenvalue weighted by Crippen LogP contribution is -2.49. The summed E-state index contributed by atoms with van der Waals surface area (Å²) in [7, 11) is 0. The number of carbonyl (C=O) groups excluding carboxylic acids is 2. The van der Waals surface area contributed by atoms with Gasteiger partial charge in [0, 0.05) is 0 Å². The lowest BCUT2D eigenvalue weighted by molar-refractivity contribution is -0.112. The van der Waals surface area contributed by atoms with Crippen LogP contribution in [0.5, 0.6) is 0 Å². The number of aliphatic hydroxyl groups excluding tert-OH is 1. The summed E-state index contributed by atoms with van der Waals surface area (Å²) in [6.07, 6.45) is -1.51. The van der Waals surface area contributed by atoms with Gasteiger partial charge in [-0.3, -0.25) is 4.79 Å². The van der Waals surface area contributed by atoms with Crippen LogP contribution in [0.4, 0.5) is 4.79 Å². The number of nitrogens with one attached hydrogen (secondary N) is 1. The van der Waals surface area contributed by atoms with Gasteiger partial charge in [-0.05, 0) is 32.3 Å². The minimum Gasteiger partial charge on any atom is -0.444 e. The molecule has 2 N–H and O–H groups in total. The summed E-state index contributed by atoms with van der Waals surface area (Å²) in [5.41, 5.74) is 0.296. The molecule has 0 saturated heterocycles. The number of hydrogen-bond acceptors (Lipinski definition) is 4. The number of rotatable bonds is 5. The van der Waals surface area contributed by atoms with E-state index in [0.29, 0.717) is 0 Å². The van der Waals surface area contributed by atoms with Crippen LogP contribution in [0.25, 0.3) is 0 Å². The van der Waals surface area contributed by atoms with Gasteiger partial charge in [0.15, 0.2) is 0 Å². The number of ether oxygens (including phenoxy) is 1. The molecule has 0 heterocycles. The van der Waals surface area contributed by atoms with Crippen molar-refractivity contribution >= 4 is 11.9 Å². The Bertz CT molecular complexity index is 591. The first kappa shape index (κ1) is 18.5. The Labute approximate surface area is 143 Å². The second-order valence-corrected chi connectivity index (χ2v) is 7.72. The molecular weight excluding hydrogens is 306 g/mol. The zero-order valence-electron chi connectivity index (χ0n) is 14.9. The van der Waals surface area contributed by atoms with Crippen molar-refractivity contribution in [2.24, 2.45) is 11.8 Å². The number of alkyl carbamates (subject to hydrolysis) is 1. The van der Waals surface area contributed by atoms with Gasteiger partial charge in [-0.1, -0.05) is 44.2 Å². The van der Waals surface area contributed by atoms with E-state index >= 15 is 0 Å². The van der Waals surface area contributed by atoms with Crippen LogP contribution in [0.15, 0.2) is 30.3 Å². The maximum absolute atomic E-state index is 12.2. The Balaban J connectivity index is 2.06. The highest BCUT2D eigenvalue weighted by Gasteiger charge is 2.56. The molecular formula is C19H27NO4. The van der Waals surface area contributed by atoms with Gasteiger partial charge in [0.05, 0.1) is 24.0 Å². The van der Waals surface area contributed by atoms with E-state index in [1.807, 2.05) is 44.2 Å². The van der Waals surface area contributed by atoms with Crippen LogP contribution in [-0.2, 0) is 9.53 Å². The van der Waals surface area contributed by atoms with E-state index in [9.17, 15) is 14.7 Å². The third-order valence-corrected chi connectivity index (χ3v) is 4.18. The molecule has 1 amide bonds. The molecule has 1 aliphatic rings. The quantitative estimate of drug-likeness (QED) is 0.869. The molecule has 1 aromatic carbocycles. The van der Waals surface area contributed by atoms with Gasteiger partial charge in [0.2, 0.25) is 0 Å². The maximum atomic E-state index is 12.2. The highest BCUT2D eigenvalue weighted by Crippen LogP contribution is 2.46. The topological polar surface area (TPSA) is 75.6 Å². The molecule has 1 fully saturated rings. The van der Waals surface area contributed by atoms with Gasteiger partial charge in [-0.25, -0.2) is 4.79 Å². The summed E-state index contributed by atoms with van der Waals surface area (Å²) in [4.78, 5) is 24.2. The molecule has 132 valence electrons. The van der Waals surface area contributed by atoms with Crippen molar-refractivity contribution in [3.8, 4) is 0 Å². The molecule has 0 aliphatic heterocycles. The van der Waals surface area contributed by atoms with Crippen molar-refractivity contribution in [1.82, 2.24) is 5.32 Å². The Morgan fingerprint density at radius 1 is 1.21 bits per heavy atom. The summed E-state index contributed by atoms with van der Waals surface area (Å²) in [6, 6.07) is 8.89. The summed E-state index contributed by atoms with van der Waals surface area (Å²) in [5, 5.41) is 13.4. The molecule has 1 aromatic rings. The molecule has 24 heavy (non-hydrogen) atoms. The standard InChI is InChI=1S/C19H27NO4/c1-11(2)15(20-18(23)24-19(3,4)5)17(22)14-13(16(14)21)12-9-7-6-8-10-12/h6-11,13-15,17,22H,1-5H3,(H,20,23)/t13?,14?,15-,17?/m0/s1. The van der Waals surface area contributed by atoms with Gasteiger partial charge in [-0.15, -0.1) is 0 Å². The Hall–Kier alpha value is -1.88. The molecule has 3 unspecified atom stereocenters. The minimum absolute atomic E-state index is 0.0188. The van der Waals surface area contributed by atoms with E-state index in [1.54, 1.807) is 20.8 Å². The third-order valence-electron chi connectivity index (χ3n) is 4.18. The third kappa shape index (κ3) is 4.35. The molecule has 0 bridgehead atoms. The number of hydrogen-bond donors (Lipinski definition) is 2. The molecule has 1 saturated carbocycles. The predicted molar refractivity (Wildman–Crippen MR) is 91.7 cm³/mol.